The number of benzene rings is 1. The highest BCUT2D eigenvalue weighted by Crippen LogP contribution is 2.45. The third-order valence-electron chi connectivity index (χ3n) is 3.89. The molecule has 18 heavy (non-hydrogen) atoms. The van der Waals surface area contributed by atoms with Crippen LogP contribution in [0, 0.1) is 0 Å². The fourth-order valence-electron chi connectivity index (χ4n) is 2.53. The van der Waals surface area contributed by atoms with E-state index in [1.165, 1.54) is 6.42 Å². The molecule has 3 nitrogen and oxygen atoms in total. The predicted octanol–water partition coefficient (Wildman–Crippen LogP) is 3.04. The van der Waals surface area contributed by atoms with Crippen LogP contribution in [0.2, 0.25) is 0 Å². The quantitative estimate of drug-likeness (QED) is 0.842. The van der Waals surface area contributed by atoms with Crippen molar-refractivity contribution in [3.63, 3.8) is 0 Å². The zero-order valence-corrected chi connectivity index (χ0v) is 11.3. The predicted molar refractivity (Wildman–Crippen MR) is 72.7 cm³/mol. The van der Waals surface area contributed by atoms with Crippen LogP contribution in [0.1, 0.15) is 44.2 Å². The van der Waals surface area contributed by atoms with Gasteiger partial charge in [-0.15, -0.1) is 0 Å². The van der Waals surface area contributed by atoms with Gasteiger partial charge in [-0.3, -0.25) is 0 Å². The molecule has 1 aromatic carbocycles. The number of nitrogens with two attached hydrogens (primary N) is 1. The summed E-state index contributed by atoms with van der Waals surface area (Å²) in [6.07, 6.45) is 4.26. The molecule has 2 N–H and O–H groups in total. The van der Waals surface area contributed by atoms with Crippen molar-refractivity contribution >= 4 is 0 Å². The van der Waals surface area contributed by atoms with Crippen molar-refractivity contribution in [2.24, 2.45) is 5.73 Å². The molecule has 0 bridgehead atoms. The Hall–Kier alpha value is -1.06. The summed E-state index contributed by atoms with van der Waals surface area (Å²) in [5.74, 6) is 0.898. The third kappa shape index (κ3) is 2.38. The van der Waals surface area contributed by atoms with Gasteiger partial charge in [-0.05, 0) is 31.7 Å². The van der Waals surface area contributed by atoms with Gasteiger partial charge in [0, 0.05) is 12.7 Å². The van der Waals surface area contributed by atoms with Gasteiger partial charge in [0.15, 0.2) is 0 Å². The van der Waals surface area contributed by atoms with Gasteiger partial charge >= 0.3 is 0 Å². The second-order valence-electron chi connectivity index (χ2n) is 4.99. The summed E-state index contributed by atoms with van der Waals surface area (Å²) in [5, 5.41) is 0. The standard InChI is InChI=1S/C15H23NO2/c1-3-11-18-13-8-5-4-7-12(13)14(16)15(17-2)9-6-10-15/h4-5,7-8,14H,3,6,9-11,16H2,1-2H3. The normalized spacial score (nSPS) is 19.1. The van der Waals surface area contributed by atoms with Gasteiger partial charge in [-0.1, -0.05) is 25.1 Å². The topological polar surface area (TPSA) is 44.5 Å². The van der Waals surface area contributed by atoms with E-state index < -0.39 is 0 Å². The van der Waals surface area contributed by atoms with Gasteiger partial charge in [0.25, 0.3) is 0 Å². The Morgan fingerprint density at radius 1 is 1.33 bits per heavy atom. The van der Waals surface area contributed by atoms with Gasteiger partial charge in [0.1, 0.15) is 5.75 Å². The van der Waals surface area contributed by atoms with Gasteiger partial charge in [-0.25, -0.2) is 0 Å². The van der Waals surface area contributed by atoms with Crippen LogP contribution in [-0.2, 0) is 4.74 Å². The van der Waals surface area contributed by atoms with Crippen LogP contribution in [0.4, 0.5) is 0 Å². The highest BCUT2D eigenvalue weighted by Gasteiger charge is 2.44. The van der Waals surface area contributed by atoms with Crippen LogP contribution in [0.15, 0.2) is 24.3 Å². The zero-order chi connectivity index (χ0) is 13.0. The molecule has 0 heterocycles. The van der Waals surface area contributed by atoms with Crippen molar-refractivity contribution in [1.82, 2.24) is 0 Å². The number of ether oxygens (including phenoxy) is 2. The number of hydrogen-bond donors (Lipinski definition) is 1. The second-order valence-corrected chi connectivity index (χ2v) is 4.99. The van der Waals surface area contributed by atoms with E-state index in [9.17, 15) is 0 Å². The van der Waals surface area contributed by atoms with Gasteiger partial charge in [-0.2, -0.15) is 0 Å². The van der Waals surface area contributed by atoms with E-state index in [-0.39, 0.29) is 11.6 Å². The van der Waals surface area contributed by atoms with E-state index in [0.29, 0.717) is 0 Å². The van der Waals surface area contributed by atoms with Crippen LogP contribution >= 0.6 is 0 Å². The van der Waals surface area contributed by atoms with Crippen LogP contribution in [-0.4, -0.2) is 19.3 Å². The summed E-state index contributed by atoms with van der Waals surface area (Å²) in [6, 6.07) is 7.93. The zero-order valence-electron chi connectivity index (χ0n) is 11.3. The van der Waals surface area contributed by atoms with Crippen molar-refractivity contribution < 1.29 is 9.47 Å². The van der Waals surface area contributed by atoms with Crippen LogP contribution < -0.4 is 10.5 Å². The van der Waals surface area contributed by atoms with Crippen LogP contribution in [0.3, 0.4) is 0 Å². The van der Waals surface area contributed by atoms with Crippen molar-refractivity contribution in [3.05, 3.63) is 29.8 Å². The summed E-state index contributed by atoms with van der Waals surface area (Å²) in [6.45, 7) is 2.83. The molecule has 1 fully saturated rings. The highest BCUT2D eigenvalue weighted by atomic mass is 16.5. The minimum Gasteiger partial charge on any atom is -0.493 e. The average Bonchev–Trinajstić information content (AvgIpc) is 2.36. The molecule has 100 valence electrons. The molecule has 0 saturated heterocycles. The monoisotopic (exact) mass is 249 g/mol. The number of para-hydroxylation sites is 1. The fraction of sp³-hybridized carbons (Fsp3) is 0.600. The number of methoxy groups -OCH3 is 1. The van der Waals surface area contributed by atoms with E-state index in [2.05, 4.69) is 13.0 Å². The SMILES string of the molecule is CCCOc1ccccc1C(N)C1(OC)CCC1. The molecule has 1 aliphatic rings. The van der Waals surface area contributed by atoms with Crippen molar-refractivity contribution in [1.29, 1.82) is 0 Å². The number of rotatable bonds is 6. The lowest BCUT2D eigenvalue weighted by molar-refractivity contribution is -0.0915. The molecule has 1 saturated carbocycles. The van der Waals surface area contributed by atoms with Gasteiger partial charge in [0.2, 0.25) is 0 Å². The van der Waals surface area contributed by atoms with E-state index in [0.717, 1.165) is 37.2 Å². The molecule has 0 aromatic heterocycles. The molecule has 0 amide bonds. The lowest BCUT2D eigenvalue weighted by Crippen LogP contribution is -2.48. The fourth-order valence-corrected chi connectivity index (χ4v) is 2.53. The third-order valence-corrected chi connectivity index (χ3v) is 3.89. The Morgan fingerprint density at radius 3 is 2.61 bits per heavy atom. The second kappa shape index (κ2) is 5.72. The molecule has 3 heteroatoms. The van der Waals surface area contributed by atoms with E-state index in [1.54, 1.807) is 7.11 Å². The molecule has 0 radical (unpaired) electrons. The molecule has 1 unspecified atom stereocenters. The molecule has 0 aliphatic heterocycles. The maximum atomic E-state index is 6.41. The first-order valence-electron chi connectivity index (χ1n) is 6.76. The minimum absolute atomic E-state index is 0.107. The Bertz CT molecular complexity index is 382. The molecule has 1 aliphatic carbocycles. The smallest absolute Gasteiger partial charge is 0.124 e. The Balaban J connectivity index is 2.21. The minimum atomic E-state index is -0.189. The highest BCUT2D eigenvalue weighted by molar-refractivity contribution is 5.38. The largest absolute Gasteiger partial charge is 0.493 e. The number of hydrogen-bond acceptors (Lipinski definition) is 3. The first kappa shape index (κ1) is 13.4. The maximum absolute atomic E-state index is 6.41. The Morgan fingerprint density at radius 2 is 2.06 bits per heavy atom. The molecular formula is C15H23NO2. The van der Waals surface area contributed by atoms with E-state index in [1.807, 2.05) is 18.2 Å². The first-order chi connectivity index (χ1) is 8.73. The van der Waals surface area contributed by atoms with E-state index >= 15 is 0 Å². The Kier molecular flexibility index (Phi) is 4.25. The van der Waals surface area contributed by atoms with Crippen LogP contribution in [0.25, 0.3) is 0 Å². The molecule has 2 rings (SSSR count). The summed E-state index contributed by atoms with van der Waals surface area (Å²) >= 11 is 0. The lowest BCUT2D eigenvalue weighted by atomic mass is 9.72. The van der Waals surface area contributed by atoms with Crippen LogP contribution in [0.5, 0.6) is 5.75 Å². The summed E-state index contributed by atoms with van der Waals surface area (Å²) < 4.78 is 11.4. The van der Waals surface area contributed by atoms with Crippen molar-refractivity contribution in [3.8, 4) is 5.75 Å². The molecule has 1 atom stereocenters. The van der Waals surface area contributed by atoms with Gasteiger partial charge in [0.05, 0.1) is 18.2 Å². The summed E-state index contributed by atoms with van der Waals surface area (Å²) in [4.78, 5) is 0. The molecule has 0 spiro atoms. The lowest BCUT2D eigenvalue weighted by Gasteiger charge is -2.45. The first-order valence-corrected chi connectivity index (χ1v) is 6.76. The average molecular weight is 249 g/mol. The van der Waals surface area contributed by atoms with Gasteiger partial charge < -0.3 is 15.2 Å². The van der Waals surface area contributed by atoms with Crippen molar-refractivity contribution in [2.45, 2.75) is 44.2 Å². The van der Waals surface area contributed by atoms with E-state index in [4.69, 9.17) is 15.2 Å². The Labute approximate surface area is 109 Å². The van der Waals surface area contributed by atoms with Crippen molar-refractivity contribution in [2.75, 3.05) is 13.7 Å². The summed E-state index contributed by atoms with van der Waals surface area (Å²) in [7, 11) is 1.76. The summed E-state index contributed by atoms with van der Waals surface area (Å²) in [5.41, 5.74) is 7.29. The molecule has 1 aromatic rings. The maximum Gasteiger partial charge on any atom is 0.124 e. The molecular weight excluding hydrogens is 226 g/mol.